The molecular weight excluding hydrogens is 260 g/mol. The smallest absolute Gasteiger partial charge is 0.266 e. The Balaban J connectivity index is 2.04. The highest BCUT2D eigenvalue weighted by Gasteiger charge is 2.32. The average Bonchev–Trinajstić information content (AvgIpc) is 2.95. The van der Waals surface area contributed by atoms with Crippen LogP contribution in [0.3, 0.4) is 0 Å². The predicted octanol–water partition coefficient (Wildman–Crippen LogP) is 0.902. The van der Waals surface area contributed by atoms with E-state index in [1.54, 1.807) is 23.7 Å². The molecule has 2 rings (SSSR count). The molecular formula is C14H16N2O4. The molecule has 1 unspecified atom stereocenters. The minimum atomic E-state index is -0.614. The van der Waals surface area contributed by atoms with Gasteiger partial charge in [0.05, 0.1) is 0 Å². The zero-order chi connectivity index (χ0) is 14.5. The SMILES string of the molecule is O=C(NO)C1CCCN1C(=O)/C=C/c1ccc(O)cc1. The standard InChI is InChI=1S/C14H16N2O4/c17-11-6-3-10(4-7-11)5-8-13(18)16-9-1-2-12(16)14(19)15-20/h3-8,12,17,20H,1-2,9H2,(H,15,19)/b8-5+. The molecule has 3 N–H and O–H groups in total. The van der Waals surface area contributed by atoms with E-state index in [0.717, 1.165) is 12.0 Å². The van der Waals surface area contributed by atoms with E-state index in [0.29, 0.717) is 13.0 Å². The highest BCUT2D eigenvalue weighted by Crippen LogP contribution is 2.18. The number of carbonyl (C=O) groups excluding carboxylic acids is 2. The Kier molecular flexibility index (Phi) is 4.37. The molecule has 1 aromatic carbocycles. The topological polar surface area (TPSA) is 89.9 Å². The van der Waals surface area contributed by atoms with Crippen LogP contribution < -0.4 is 5.48 Å². The van der Waals surface area contributed by atoms with Gasteiger partial charge in [0.2, 0.25) is 5.91 Å². The summed E-state index contributed by atoms with van der Waals surface area (Å²) in [5, 5.41) is 17.8. The van der Waals surface area contributed by atoms with Crippen molar-refractivity contribution in [3.05, 3.63) is 35.9 Å². The van der Waals surface area contributed by atoms with Crippen molar-refractivity contribution >= 4 is 17.9 Å². The minimum Gasteiger partial charge on any atom is -0.508 e. The van der Waals surface area contributed by atoms with Gasteiger partial charge in [-0.1, -0.05) is 12.1 Å². The fraction of sp³-hybridized carbons (Fsp3) is 0.286. The molecule has 1 aromatic rings. The molecule has 0 aliphatic carbocycles. The summed E-state index contributed by atoms with van der Waals surface area (Å²) < 4.78 is 0. The van der Waals surface area contributed by atoms with E-state index in [-0.39, 0.29) is 11.7 Å². The third-order valence-corrected chi connectivity index (χ3v) is 3.26. The van der Waals surface area contributed by atoms with Crippen LogP contribution in [0.5, 0.6) is 5.75 Å². The first-order valence-corrected chi connectivity index (χ1v) is 6.33. The summed E-state index contributed by atoms with van der Waals surface area (Å²) in [4.78, 5) is 24.9. The highest BCUT2D eigenvalue weighted by molar-refractivity contribution is 5.95. The number of rotatable bonds is 3. The van der Waals surface area contributed by atoms with E-state index in [1.807, 2.05) is 0 Å². The number of hydrogen-bond donors (Lipinski definition) is 3. The Morgan fingerprint density at radius 3 is 2.65 bits per heavy atom. The molecule has 106 valence electrons. The molecule has 1 heterocycles. The first-order chi connectivity index (χ1) is 9.61. The number of likely N-dealkylation sites (tertiary alicyclic amines) is 1. The third-order valence-electron chi connectivity index (χ3n) is 3.26. The van der Waals surface area contributed by atoms with Crippen molar-refractivity contribution < 1.29 is 19.9 Å². The molecule has 0 radical (unpaired) electrons. The molecule has 0 saturated carbocycles. The van der Waals surface area contributed by atoms with E-state index in [2.05, 4.69) is 0 Å². The van der Waals surface area contributed by atoms with Crippen molar-refractivity contribution in [2.24, 2.45) is 0 Å². The third kappa shape index (κ3) is 3.16. The van der Waals surface area contributed by atoms with Crippen molar-refractivity contribution in [3.8, 4) is 5.75 Å². The Labute approximate surface area is 116 Å². The lowest BCUT2D eigenvalue weighted by Gasteiger charge is -2.21. The minimum absolute atomic E-state index is 0.160. The lowest BCUT2D eigenvalue weighted by molar-refractivity contribution is -0.140. The number of phenols is 1. The number of benzene rings is 1. The van der Waals surface area contributed by atoms with Gasteiger partial charge >= 0.3 is 0 Å². The fourth-order valence-electron chi connectivity index (χ4n) is 2.23. The highest BCUT2D eigenvalue weighted by atomic mass is 16.5. The summed E-state index contributed by atoms with van der Waals surface area (Å²) in [5.74, 6) is -0.675. The van der Waals surface area contributed by atoms with E-state index in [1.165, 1.54) is 23.1 Å². The second-order valence-electron chi connectivity index (χ2n) is 4.59. The maximum Gasteiger partial charge on any atom is 0.266 e. The van der Waals surface area contributed by atoms with Crippen LogP contribution >= 0.6 is 0 Å². The molecule has 1 aliphatic rings. The van der Waals surface area contributed by atoms with Crippen LogP contribution in [0.15, 0.2) is 30.3 Å². The number of nitrogens with one attached hydrogen (secondary N) is 1. The van der Waals surface area contributed by atoms with Gasteiger partial charge in [0.25, 0.3) is 5.91 Å². The maximum atomic E-state index is 12.0. The molecule has 1 saturated heterocycles. The number of aromatic hydroxyl groups is 1. The summed E-state index contributed by atoms with van der Waals surface area (Å²) in [6, 6.07) is 5.81. The van der Waals surface area contributed by atoms with Crippen LogP contribution in [-0.2, 0) is 9.59 Å². The zero-order valence-corrected chi connectivity index (χ0v) is 10.8. The largest absolute Gasteiger partial charge is 0.508 e. The van der Waals surface area contributed by atoms with Crippen LogP contribution in [0.2, 0.25) is 0 Å². The molecule has 1 atom stereocenters. The van der Waals surface area contributed by atoms with Crippen LogP contribution in [0.1, 0.15) is 18.4 Å². The summed E-state index contributed by atoms with van der Waals surface area (Å²) in [7, 11) is 0. The first kappa shape index (κ1) is 14.1. The Morgan fingerprint density at radius 1 is 1.30 bits per heavy atom. The van der Waals surface area contributed by atoms with Crippen molar-refractivity contribution in [2.45, 2.75) is 18.9 Å². The number of amides is 2. The number of nitrogens with zero attached hydrogens (tertiary/aromatic N) is 1. The van der Waals surface area contributed by atoms with Gasteiger partial charge in [-0.25, -0.2) is 5.48 Å². The normalized spacial score (nSPS) is 18.4. The summed E-state index contributed by atoms with van der Waals surface area (Å²) >= 11 is 0. The van der Waals surface area contributed by atoms with Gasteiger partial charge < -0.3 is 10.0 Å². The van der Waals surface area contributed by atoms with E-state index in [9.17, 15) is 9.59 Å². The van der Waals surface area contributed by atoms with Gasteiger partial charge in [-0.15, -0.1) is 0 Å². The fourth-order valence-corrected chi connectivity index (χ4v) is 2.23. The van der Waals surface area contributed by atoms with Gasteiger partial charge in [-0.3, -0.25) is 14.8 Å². The Morgan fingerprint density at radius 2 is 2.00 bits per heavy atom. The summed E-state index contributed by atoms with van der Waals surface area (Å²) in [5.41, 5.74) is 2.36. The molecule has 0 bridgehead atoms. The summed E-state index contributed by atoms with van der Waals surface area (Å²) in [6.07, 6.45) is 4.28. The van der Waals surface area contributed by atoms with Gasteiger partial charge in [0.15, 0.2) is 0 Å². The van der Waals surface area contributed by atoms with E-state index >= 15 is 0 Å². The molecule has 0 spiro atoms. The van der Waals surface area contributed by atoms with Gasteiger partial charge in [0, 0.05) is 12.6 Å². The Hall–Kier alpha value is -2.34. The van der Waals surface area contributed by atoms with Crippen molar-refractivity contribution in [1.82, 2.24) is 10.4 Å². The second-order valence-corrected chi connectivity index (χ2v) is 4.59. The number of hydroxylamine groups is 1. The quantitative estimate of drug-likeness (QED) is 0.435. The van der Waals surface area contributed by atoms with Crippen LogP contribution in [0, 0.1) is 0 Å². The van der Waals surface area contributed by atoms with Crippen molar-refractivity contribution in [3.63, 3.8) is 0 Å². The molecule has 6 nitrogen and oxygen atoms in total. The second kappa shape index (κ2) is 6.21. The number of hydrogen-bond acceptors (Lipinski definition) is 4. The lowest BCUT2D eigenvalue weighted by atomic mass is 10.2. The van der Waals surface area contributed by atoms with Crippen molar-refractivity contribution in [1.29, 1.82) is 0 Å². The average molecular weight is 276 g/mol. The van der Waals surface area contributed by atoms with Crippen LogP contribution in [0.25, 0.3) is 6.08 Å². The molecule has 1 fully saturated rings. The van der Waals surface area contributed by atoms with Crippen LogP contribution in [-0.4, -0.2) is 39.6 Å². The maximum absolute atomic E-state index is 12.0. The van der Waals surface area contributed by atoms with E-state index < -0.39 is 11.9 Å². The lowest BCUT2D eigenvalue weighted by Crippen LogP contribution is -2.44. The van der Waals surface area contributed by atoms with Gasteiger partial charge in [0.1, 0.15) is 11.8 Å². The first-order valence-electron chi connectivity index (χ1n) is 6.33. The monoisotopic (exact) mass is 276 g/mol. The molecule has 0 aromatic heterocycles. The molecule has 1 aliphatic heterocycles. The van der Waals surface area contributed by atoms with Crippen molar-refractivity contribution in [2.75, 3.05) is 6.54 Å². The zero-order valence-electron chi connectivity index (χ0n) is 10.8. The number of carbonyl (C=O) groups is 2. The summed E-state index contributed by atoms with van der Waals surface area (Å²) in [6.45, 7) is 0.497. The van der Waals surface area contributed by atoms with Gasteiger partial charge in [-0.05, 0) is 36.6 Å². The molecule has 6 heteroatoms. The van der Waals surface area contributed by atoms with Gasteiger partial charge in [-0.2, -0.15) is 0 Å². The molecule has 20 heavy (non-hydrogen) atoms. The van der Waals surface area contributed by atoms with E-state index in [4.69, 9.17) is 10.3 Å². The predicted molar refractivity (Wildman–Crippen MR) is 71.8 cm³/mol. The molecule has 2 amide bonds. The van der Waals surface area contributed by atoms with Crippen LogP contribution in [0.4, 0.5) is 0 Å². The number of phenolic OH excluding ortho intramolecular Hbond substituents is 1. The Bertz CT molecular complexity index is 524.